The lowest BCUT2D eigenvalue weighted by Gasteiger charge is -2.54. The fourth-order valence-electron chi connectivity index (χ4n) is 10.5. The van der Waals surface area contributed by atoms with Crippen molar-refractivity contribution in [2.75, 3.05) is 0 Å². The maximum atomic E-state index is 4.41. The minimum atomic E-state index is -2.20. The fraction of sp³-hybridized carbons (Fsp3) is 0.476. The van der Waals surface area contributed by atoms with Gasteiger partial charge >= 0.3 is 0 Å². The van der Waals surface area contributed by atoms with Crippen molar-refractivity contribution in [1.82, 2.24) is 0 Å². The van der Waals surface area contributed by atoms with E-state index < -0.39 is 16.1 Å². The molecule has 2 heteroatoms. The molecule has 0 nitrogen and oxygen atoms in total. The molecule has 3 fully saturated rings. The van der Waals surface area contributed by atoms with Crippen molar-refractivity contribution in [3.63, 3.8) is 0 Å². The quantitative estimate of drug-likeness (QED) is 0.114. The van der Waals surface area contributed by atoms with Gasteiger partial charge in [0.2, 0.25) is 0 Å². The molecule has 0 saturated heterocycles. The number of hydrogen-bond donors (Lipinski definition) is 0. The van der Waals surface area contributed by atoms with Crippen LogP contribution in [0.4, 0.5) is 0 Å². The third kappa shape index (κ3) is 6.18. The van der Waals surface area contributed by atoms with Gasteiger partial charge in [-0.1, -0.05) is 174 Å². The van der Waals surface area contributed by atoms with Crippen LogP contribution in [0.2, 0.25) is 28.7 Å². The van der Waals surface area contributed by atoms with E-state index in [-0.39, 0.29) is 0 Å². The largest absolute Gasteiger partial charge is 0.151 e. The molecule has 3 saturated carbocycles. The molecule has 0 N–H and O–H groups in total. The molecule has 3 aromatic rings. The Morgan fingerprint density at radius 3 is 1.36 bits per heavy atom. The highest BCUT2D eigenvalue weighted by molar-refractivity contribution is 7.11. The van der Waals surface area contributed by atoms with Crippen molar-refractivity contribution >= 4 is 31.7 Å². The van der Waals surface area contributed by atoms with Crippen molar-refractivity contribution < 1.29 is 0 Å². The molecule has 3 aliphatic carbocycles. The van der Waals surface area contributed by atoms with Gasteiger partial charge in [0.1, 0.15) is 0 Å². The second-order valence-electron chi connectivity index (χ2n) is 14.6. The normalized spacial score (nSPS) is 22.4. The zero-order valence-electron chi connectivity index (χ0n) is 27.3. The zero-order valence-corrected chi connectivity index (χ0v) is 29.3. The van der Waals surface area contributed by atoms with Crippen LogP contribution in [0, 0.1) is 0 Å². The van der Waals surface area contributed by atoms with Crippen LogP contribution >= 0.6 is 0 Å². The summed E-state index contributed by atoms with van der Waals surface area (Å²) in [4.78, 5) is 0. The smallest absolute Gasteiger partial charge is 0.103 e. The third-order valence-electron chi connectivity index (χ3n) is 12.6. The lowest BCUT2D eigenvalue weighted by Crippen LogP contribution is -2.66. The Labute approximate surface area is 271 Å². The van der Waals surface area contributed by atoms with Gasteiger partial charge in [-0.15, -0.1) is 13.2 Å². The SMILES string of the molecule is C=CC[Si](c1ccccc1)(c1ccccc1)c1ccc(C2CCC([Si](CC=C)(C3CCCCC3)C3CCCCC3)CC2)cc1. The highest BCUT2D eigenvalue weighted by Crippen LogP contribution is 2.59. The molecule has 0 spiro atoms. The first kappa shape index (κ1) is 31.6. The van der Waals surface area contributed by atoms with Gasteiger partial charge in [0.25, 0.3) is 0 Å². The molecule has 0 unspecified atom stereocenters. The van der Waals surface area contributed by atoms with Gasteiger partial charge in [-0.05, 0) is 68.6 Å². The van der Waals surface area contributed by atoms with Crippen LogP contribution in [0.1, 0.15) is 101 Å². The first-order chi connectivity index (χ1) is 21.7. The Balaban J connectivity index is 1.25. The second kappa shape index (κ2) is 14.8. The van der Waals surface area contributed by atoms with Crippen LogP contribution < -0.4 is 15.6 Å². The molecule has 3 aromatic carbocycles. The molecule has 0 aliphatic heterocycles. The van der Waals surface area contributed by atoms with E-state index in [0.717, 1.165) is 28.6 Å². The first-order valence-corrected chi connectivity index (χ1v) is 22.8. The average molecular weight is 617 g/mol. The maximum Gasteiger partial charge on any atom is 0.151 e. The molecule has 3 aliphatic rings. The topological polar surface area (TPSA) is 0 Å². The van der Waals surface area contributed by atoms with Gasteiger partial charge in [0.15, 0.2) is 8.07 Å². The number of hydrogen-bond acceptors (Lipinski definition) is 0. The van der Waals surface area contributed by atoms with Gasteiger partial charge in [0.05, 0.1) is 8.07 Å². The van der Waals surface area contributed by atoms with E-state index in [1.54, 1.807) is 5.56 Å². The Morgan fingerprint density at radius 1 is 0.477 bits per heavy atom. The molecule has 0 aromatic heterocycles. The number of allylic oxidation sites excluding steroid dienone is 2. The molecule has 44 heavy (non-hydrogen) atoms. The van der Waals surface area contributed by atoms with Gasteiger partial charge < -0.3 is 0 Å². The Kier molecular flexibility index (Phi) is 10.6. The molecule has 6 rings (SSSR count). The summed E-state index contributed by atoms with van der Waals surface area (Å²) in [5.41, 5.74) is 4.74. The zero-order chi connectivity index (χ0) is 30.2. The molecule has 0 atom stereocenters. The predicted molar refractivity (Wildman–Crippen MR) is 198 cm³/mol. The molecular formula is C42H56Si2. The first-order valence-electron chi connectivity index (χ1n) is 18.2. The fourth-order valence-corrected chi connectivity index (χ4v) is 22.8. The predicted octanol–water partition coefficient (Wildman–Crippen LogP) is 10.7. The molecule has 0 amide bonds. The Bertz CT molecular complexity index is 1250. The number of benzene rings is 3. The Hall–Kier alpha value is -2.43. The summed E-state index contributed by atoms with van der Waals surface area (Å²) >= 11 is 0. The molecule has 232 valence electrons. The highest BCUT2D eigenvalue weighted by atomic mass is 28.3. The van der Waals surface area contributed by atoms with E-state index in [4.69, 9.17) is 0 Å². The lowest BCUT2D eigenvalue weighted by molar-refractivity contribution is 0.394. The summed E-state index contributed by atoms with van der Waals surface area (Å²) in [6.45, 7) is 8.66. The second-order valence-corrected chi connectivity index (χ2v) is 23.6. The maximum absolute atomic E-state index is 4.41. The molecule has 0 heterocycles. The van der Waals surface area contributed by atoms with E-state index in [1.807, 2.05) is 0 Å². The van der Waals surface area contributed by atoms with Gasteiger partial charge in [0, 0.05) is 0 Å². The van der Waals surface area contributed by atoms with E-state index >= 15 is 0 Å². The summed E-state index contributed by atoms with van der Waals surface area (Å²) in [7, 11) is -3.67. The van der Waals surface area contributed by atoms with Gasteiger partial charge in [-0.2, -0.15) is 0 Å². The van der Waals surface area contributed by atoms with Crippen LogP contribution in [0.3, 0.4) is 0 Å². The standard InChI is InChI=1S/C42H56Si2/c1-3-33-43(37-17-9-5-10-18-37,38-19-11-6-12-20-38)41-29-25-35(26-30-41)36-27-31-42(32-28-36)44(34-4-2,39-21-13-7-14-22-39)40-23-15-8-16-24-40/h3-6,9-12,17-20,25-26,29-30,36,39-40,42H,1-2,7-8,13-16,21-24,27-28,31-34H2. The summed E-state index contributed by atoms with van der Waals surface area (Å²) in [5.74, 6) is 0.720. The summed E-state index contributed by atoms with van der Waals surface area (Å²) in [5, 5.41) is 4.47. The van der Waals surface area contributed by atoms with Crippen LogP contribution in [-0.2, 0) is 0 Å². The van der Waals surface area contributed by atoms with Crippen molar-refractivity contribution in [2.24, 2.45) is 0 Å². The molecular weight excluding hydrogens is 561 g/mol. The van der Waals surface area contributed by atoms with E-state index in [1.165, 1.54) is 111 Å². The van der Waals surface area contributed by atoms with Crippen molar-refractivity contribution in [3.8, 4) is 0 Å². The van der Waals surface area contributed by atoms with E-state index in [9.17, 15) is 0 Å². The van der Waals surface area contributed by atoms with Gasteiger partial charge in [-0.3, -0.25) is 0 Å². The summed E-state index contributed by atoms with van der Waals surface area (Å²) in [6, 6.07) is 35.1. The monoisotopic (exact) mass is 616 g/mol. The summed E-state index contributed by atoms with van der Waals surface area (Å²) in [6.07, 6.45) is 25.4. The van der Waals surface area contributed by atoms with Crippen molar-refractivity contribution in [3.05, 3.63) is 116 Å². The van der Waals surface area contributed by atoms with Crippen LogP contribution in [0.15, 0.2) is 110 Å². The molecule has 0 radical (unpaired) electrons. The summed E-state index contributed by atoms with van der Waals surface area (Å²) < 4.78 is 0. The Morgan fingerprint density at radius 2 is 0.909 bits per heavy atom. The van der Waals surface area contributed by atoms with Crippen LogP contribution in [0.25, 0.3) is 0 Å². The average Bonchev–Trinajstić information content (AvgIpc) is 3.11. The van der Waals surface area contributed by atoms with E-state index in [0.29, 0.717) is 0 Å². The van der Waals surface area contributed by atoms with E-state index in [2.05, 4.69) is 110 Å². The van der Waals surface area contributed by atoms with Crippen LogP contribution in [-0.4, -0.2) is 16.1 Å². The van der Waals surface area contributed by atoms with Gasteiger partial charge in [-0.25, -0.2) is 0 Å². The van der Waals surface area contributed by atoms with Crippen molar-refractivity contribution in [1.29, 1.82) is 0 Å². The molecule has 0 bridgehead atoms. The van der Waals surface area contributed by atoms with Crippen LogP contribution in [0.5, 0.6) is 0 Å². The third-order valence-corrected chi connectivity index (χ3v) is 24.7. The minimum Gasteiger partial charge on any atom is -0.103 e. The highest BCUT2D eigenvalue weighted by Gasteiger charge is 2.52. The number of rotatable bonds is 11. The van der Waals surface area contributed by atoms with Crippen molar-refractivity contribution in [2.45, 2.75) is 125 Å². The minimum absolute atomic E-state index is 0.720. The lowest BCUT2D eigenvalue weighted by atomic mass is 9.84.